The summed E-state index contributed by atoms with van der Waals surface area (Å²) in [6.45, 7) is 7.27. The molecule has 0 bridgehead atoms. The molecule has 1 heteroatoms. The van der Waals surface area contributed by atoms with Gasteiger partial charge in [-0.25, -0.2) is 0 Å². The fraction of sp³-hybridized carbons (Fsp3) is 0.684. The lowest BCUT2D eigenvalue weighted by molar-refractivity contribution is 0.0256. The minimum Gasteiger partial charge on any atom is -0.508 e. The van der Waals surface area contributed by atoms with Gasteiger partial charge in [-0.2, -0.15) is 0 Å². The van der Waals surface area contributed by atoms with Crippen LogP contribution in [0.15, 0.2) is 18.2 Å². The Labute approximate surface area is 123 Å². The van der Waals surface area contributed by atoms with E-state index in [1.165, 1.54) is 43.2 Å². The van der Waals surface area contributed by atoms with Crippen LogP contribution in [-0.4, -0.2) is 5.11 Å². The fourth-order valence-corrected chi connectivity index (χ4v) is 5.20. The van der Waals surface area contributed by atoms with E-state index in [1.54, 1.807) is 0 Å². The number of benzene rings is 1. The van der Waals surface area contributed by atoms with Gasteiger partial charge < -0.3 is 5.11 Å². The Morgan fingerprint density at radius 3 is 2.75 bits per heavy atom. The predicted octanol–water partition coefficient (Wildman–Crippen LogP) is 5.27. The van der Waals surface area contributed by atoms with Crippen LogP contribution in [0.25, 0.3) is 0 Å². The number of aromatic hydroxyl groups is 1. The average Bonchev–Trinajstić information content (AvgIpc) is 2.46. The number of hydrogen-bond acceptors (Lipinski definition) is 1. The normalized spacial score (nSPS) is 36.2. The molecule has 2 aliphatic rings. The van der Waals surface area contributed by atoms with Gasteiger partial charge in [0.2, 0.25) is 0 Å². The summed E-state index contributed by atoms with van der Waals surface area (Å²) in [6, 6.07) is 6.08. The van der Waals surface area contributed by atoms with Gasteiger partial charge in [0.1, 0.15) is 5.75 Å². The first-order valence-corrected chi connectivity index (χ1v) is 8.41. The third-order valence-electron chi connectivity index (χ3n) is 6.48. The summed E-state index contributed by atoms with van der Waals surface area (Å²) >= 11 is 0. The van der Waals surface area contributed by atoms with E-state index in [1.807, 2.05) is 12.1 Å². The molecule has 2 aliphatic carbocycles. The van der Waals surface area contributed by atoms with Gasteiger partial charge in [-0.3, -0.25) is 0 Å². The van der Waals surface area contributed by atoms with Crippen molar-refractivity contribution in [3.8, 4) is 5.75 Å². The van der Waals surface area contributed by atoms with E-state index < -0.39 is 0 Å². The Morgan fingerprint density at radius 1 is 1.25 bits per heavy atom. The minimum atomic E-state index is 0.434. The molecule has 0 radical (unpaired) electrons. The second-order valence-corrected chi connectivity index (χ2v) is 7.25. The Bertz CT molecular complexity index is 493. The Kier molecular flexibility index (Phi) is 3.56. The van der Waals surface area contributed by atoms with Crippen molar-refractivity contribution in [2.45, 2.75) is 65.2 Å². The first-order valence-electron chi connectivity index (χ1n) is 8.41. The van der Waals surface area contributed by atoms with Gasteiger partial charge in [-0.15, -0.1) is 0 Å². The standard InChI is InChI=1S/C19H28O/c1-4-18-17-8-6-13-12-14(20)7-9-15(13)16(17)10-11-19(18,3)5-2/h7,9,12,16-18,20H,4-6,8,10-11H2,1-3H3/t16?,17?,18?,19-/m1/s1. The molecule has 0 saturated heterocycles. The third-order valence-corrected chi connectivity index (χ3v) is 6.48. The van der Waals surface area contributed by atoms with E-state index in [2.05, 4.69) is 26.8 Å². The van der Waals surface area contributed by atoms with Crippen molar-refractivity contribution < 1.29 is 5.11 Å². The van der Waals surface area contributed by atoms with Crippen molar-refractivity contribution in [1.29, 1.82) is 0 Å². The first kappa shape index (κ1) is 14.0. The van der Waals surface area contributed by atoms with Crippen LogP contribution in [0.2, 0.25) is 0 Å². The first-order chi connectivity index (χ1) is 9.59. The molecule has 0 spiro atoms. The lowest BCUT2D eigenvalue weighted by atomic mass is 9.53. The molecule has 1 aromatic carbocycles. The monoisotopic (exact) mass is 272 g/mol. The molecule has 3 rings (SSSR count). The Morgan fingerprint density at radius 2 is 2.05 bits per heavy atom. The summed E-state index contributed by atoms with van der Waals surface area (Å²) in [5, 5.41) is 9.70. The zero-order valence-corrected chi connectivity index (χ0v) is 13.2. The third kappa shape index (κ3) is 2.06. The van der Waals surface area contributed by atoms with Crippen LogP contribution in [0.4, 0.5) is 0 Å². The van der Waals surface area contributed by atoms with Gasteiger partial charge >= 0.3 is 0 Å². The van der Waals surface area contributed by atoms with Crippen molar-refractivity contribution in [2.75, 3.05) is 0 Å². The summed E-state index contributed by atoms with van der Waals surface area (Å²) in [5.74, 6) is 2.90. The van der Waals surface area contributed by atoms with Gasteiger partial charge in [-0.05, 0) is 72.1 Å². The highest BCUT2D eigenvalue weighted by Gasteiger charge is 2.46. The molecule has 0 heterocycles. The molecule has 4 atom stereocenters. The number of phenolic OH excluding ortho intramolecular Hbond substituents is 1. The van der Waals surface area contributed by atoms with Crippen LogP contribution in [0, 0.1) is 17.3 Å². The van der Waals surface area contributed by atoms with Gasteiger partial charge in [-0.1, -0.05) is 39.7 Å². The molecule has 1 nitrogen and oxygen atoms in total. The summed E-state index contributed by atoms with van der Waals surface area (Å²) in [6.07, 6.45) is 7.80. The number of fused-ring (bicyclic) bond motifs is 3. The van der Waals surface area contributed by atoms with E-state index in [-0.39, 0.29) is 0 Å². The number of rotatable bonds is 2. The number of phenols is 1. The quantitative estimate of drug-likeness (QED) is 0.777. The second-order valence-electron chi connectivity index (χ2n) is 7.25. The summed E-state index contributed by atoms with van der Waals surface area (Å²) in [5.41, 5.74) is 3.49. The smallest absolute Gasteiger partial charge is 0.115 e. The lowest BCUT2D eigenvalue weighted by Crippen LogP contribution is -2.42. The average molecular weight is 272 g/mol. The second kappa shape index (κ2) is 5.09. The summed E-state index contributed by atoms with van der Waals surface area (Å²) < 4.78 is 0. The van der Waals surface area contributed by atoms with E-state index >= 15 is 0 Å². The zero-order valence-electron chi connectivity index (χ0n) is 13.2. The molecule has 3 unspecified atom stereocenters. The van der Waals surface area contributed by atoms with Crippen molar-refractivity contribution >= 4 is 0 Å². The molecule has 1 N–H and O–H groups in total. The maximum absolute atomic E-state index is 9.70. The highest BCUT2D eigenvalue weighted by atomic mass is 16.3. The molecule has 0 amide bonds. The van der Waals surface area contributed by atoms with E-state index in [4.69, 9.17) is 0 Å². The van der Waals surface area contributed by atoms with Crippen molar-refractivity contribution in [3.05, 3.63) is 29.3 Å². The van der Waals surface area contributed by atoms with Gasteiger partial charge in [0.25, 0.3) is 0 Å². The molecule has 20 heavy (non-hydrogen) atoms. The Balaban J connectivity index is 1.96. The number of hydrogen-bond donors (Lipinski definition) is 1. The molecular formula is C19H28O. The maximum Gasteiger partial charge on any atom is 0.115 e. The van der Waals surface area contributed by atoms with Crippen LogP contribution in [-0.2, 0) is 6.42 Å². The maximum atomic E-state index is 9.70. The highest BCUT2D eigenvalue weighted by molar-refractivity contribution is 5.39. The topological polar surface area (TPSA) is 20.2 Å². The van der Waals surface area contributed by atoms with Crippen molar-refractivity contribution in [2.24, 2.45) is 17.3 Å². The van der Waals surface area contributed by atoms with Crippen LogP contribution >= 0.6 is 0 Å². The Hall–Kier alpha value is -0.980. The van der Waals surface area contributed by atoms with Gasteiger partial charge in [0.05, 0.1) is 0 Å². The minimum absolute atomic E-state index is 0.434. The van der Waals surface area contributed by atoms with Crippen LogP contribution in [0.5, 0.6) is 5.75 Å². The molecule has 1 aromatic rings. The lowest BCUT2D eigenvalue weighted by Gasteiger charge is -2.52. The largest absolute Gasteiger partial charge is 0.508 e. The predicted molar refractivity (Wildman–Crippen MR) is 84.1 cm³/mol. The molecular weight excluding hydrogens is 244 g/mol. The van der Waals surface area contributed by atoms with E-state index in [0.717, 1.165) is 24.2 Å². The van der Waals surface area contributed by atoms with Crippen molar-refractivity contribution in [3.63, 3.8) is 0 Å². The van der Waals surface area contributed by atoms with E-state index in [0.29, 0.717) is 11.2 Å². The summed E-state index contributed by atoms with van der Waals surface area (Å²) in [7, 11) is 0. The molecule has 0 aliphatic heterocycles. The van der Waals surface area contributed by atoms with Gasteiger partial charge in [0.15, 0.2) is 0 Å². The molecule has 1 saturated carbocycles. The van der Waals surface area contributed by atoms with E-state index in [9.17, 15) is 5.11 Å². The SMILES string of the molecule is CCC1C2CCc3cc(O)ccc3C2CC[C@@]1(C)CC. The molecule has 0 aromatic heterocycles. The van der Waals surface area contributed by atoms with Crippen LogP contribution in [0.3, 0.4) is 0 Å². The fourth-order valence-electron chi connectivity index (χ4n) is 5.20. The van der Waals surface area contributed by atoms with Gasteiger partial charge in [0, 0.05) is 0 Å². The van der Waals surface area contributed by atoms with Crippen LogP contribution in [0.1, 0.15) is 69.9 Å². The molecule has 110 valence electrons. The summed E-state index contributed by atoms with van der Waals surface area (Å²) in [4.78, 5) is 0. The number of aryl methyl sites for hydroxylation is 1. The zero-order chi connectivity index (χ0) is 14.3. The molecule has 1 fully saturated rings. The highest BCUT2D eigenvalue weighted by Crippen LogP contribution is 2.56. The van der Waals surface area contributed by atoms with Crippen LogP contribution < -0.4 is 0 Å². The van der Waals surface area contributed by atoms with Crippen molar-refractivity contribution in [1.82, 2.24) is 0 Å².